The summed E-state index contributed by atoms with van der Waals surface area (Å²) >= 11 is 6.13. The van der Waals surface area contributed by atoms with E-state index < -0.39 is 12.5 Å². The second kappa shape index (κ2) is 11.5. The molecule has 0 aliphatic carbocycles. The fourth-order valence-electron chi connectivity index (χ4n) is 3.55. The number of nitrogens with zero attached hydrogens (tertiary/aromatic N) is 4. The number of fused-ring (bicyclic) bond motifs is 1. The largest absolute Gasteiger partial charge is 0.387 e. The highest BCUT2D eigenvalue weighted by molar-refractivity contribution is 6.33. The Morgan fingerprint density at radius 3 is 2.85 bits per heavy atom. The minimum Gasteiger partial charge on any atom is -0.387 e. The van der Waals surface area contributed by atoms with Crippen LogP contribution in [-0.4, -0.2) is 56.1 Å². The molecule has 3 N–H and O–H groups in total. The molecule has 8 nitrogen and oxygen atoms in total. The summed E-state index contributed by atoms with van der Waals surface area (Å²) in [6, 6.07) is 8.60. The lowest BCUT2D eigenvalue weighted by molar-refractivity contribution is -0.134. The van der Waals surface area contributed by atoms with Crippen molar-refractivity contribution >= 4 is 34.4 Å². The van der Waals surface area contributed by atoms with Crippen LogP contribution in [0.15, 0.2) is 42.9 Å². The van der Waals surface area contributed by atoms with Gasteiger partial charge >= 0.3 is 0 Å². The molecule has 0 saturated carbocycles. The molecule has 2 aromatic heterocycles. The second-order valence-electron chi connectivity index (χ2n) is 7.65. The van der Waals surface area contributed by atoms with Gasteiger partial charge in [-0.25, -0.2) is 9.97 Å². The second-order valence-corrected chi connectivity index (χ2v) is 8.01. The predicted molar refractivity (Wildman–Crippen MR) is 126 cm³/mol. The summed E-state index contributed by atoms with van der Waals surface area (Å²) in [6.07, 6.45) is 5.04. The van der Waals surface area contributed by atoms with E-state index in [1.165, 1.54) is 6.33 Å². The lowest BCUT2D eigenvalue weighted by Gasteiger charge is -2.25. The van der Waals surface area contributed by atoms with E-state index in [1.807, 2.05) is 16.8 Å². The molecule has 172 valence electrons. The lowest BCUT2D eigenvalue weighted by Crippen LogP contribution is -2.37. The van der Waals surface area contributed by atoms with Gasteiger partial charge in [-0.05, 0) is 36.6 Å². The van der Waals surface area contributed by atoms with Gasteiger partial charge in [0.05, 0.1) is 11.9 Å². The molecular weight excluding hydrogens is 442 g/mol. The highest BCUT2D eigenvalue weighted by Crippen LogP contribution is 2.21. The molecule has 1 aromatic carbocycles. The van der Waals surface area contributed by atoms with Gasteiger partial charge in [0.15, 0.2) is 0 Å². The van der Waals surface area contributed by atoms with Crippen molar-refractivity contribution in [3.63, 3.8) is 0 Å². The van der Waals surface area contributed by atoms with Crippen LogP contribution in [0.5, 0.6) is 0 Å². The monoisotopic (exact) mass is 467 g/mol. The van der Waals surface area contributed by atoms with E-state index in [0.29, 0.717) is 29.4 Å². The molecule has 2 amide bonds. The van der Waals surface area contributed by atoms with E-state index in [4.69, 9.17) is 17.3 Å². The predicted octanol–water partition coefficient (Wildman–Crippen LogP) is 2.47. The number of nitrogens with two attached hydrogens (primary N) is 1. The topological polar surface area (TPSA) is 114 Å². The van der Waals surface area contributed by atoms with E-state index in [0.717, 1.165) is 23.9 Å². The van der Waals surface area contributed by atoms with Crippen molar-refractivity contribution in [1.82, 2.24) is 19.4 Å². The fraction of sp³-hybridized carbons (Fsp3) is 0.333. The zero-order chi connectivity index (χ0) is 23.8. The molecule has 3 rings (SSSR count). The third kappa shape index (κ3) is 6.31. The number of amides is 2. The third-order valence-electron chi connectivity index (χ3n) is 5.48. The van der Waals surface area contributed by atoms with Crippen molar-refractivity contribution < 1.29 is 14.7 Å². The van der Waals surface area contributed by atoms with Crippen LogP contribution in [0.2, 0.25) is 5.15 Å². The molecule has 2 heterocycles. The van der Waals surface area contributed by atoms with E-state index in [-0.39, 0.29) is 18.4 Å². The first-order chi connectivity index (χ1) is 15.9. The number of aliphatic hydroxyl groups is 1. The third-order valence-corrected chi connectivity index (χ3v) is 5.78. The summed E-state index contributed by atoms with van der Waals surface area (Å²) in [6.45, 7) is 2.85. The number of carbonyl (C=O) groups is 2. The molecule has 0 saturated heterocycles. The van der Waals surface area contributed by atoms with Gasteiger partial charge in [-0.1, -0.05) is 42.9 Å². The summed E-state index contributed by atoms with van der Waals surface area (Å²) in [4.78, 5) is 33.5. The number of aromatic nitrogens is 3. The molecule has 3 aromatic rings. The first kappa shape index (κ1) is 24.2. The molecule has 9 heteroatoms. The quantitative estimate of drug-likeness (QED) is 0.370. The average Bonchev–Trinajstić information content (AvgIpc) is 3.24. The maximum Gasteiger partial charge on any atom is 0.249 e. The number of rotatable bonds is 9. The lowest BCUT2D eigenvalue weighted by atomic mass is 10.0. The number of halogens is 1. The van der Waals surface area contributed by atoms with Crippen LogP contribution < -0.4 is 5.73 Å². The van der Waals surface area contributed by atoms with Gasteiger partial charge < -0.3 is 20.3 Å². The summed E-state index contributed by atoms with van der Waals surface area (Å²) < 4.78 is 2.02. The molecule has 0 spiro atoms. The molecule has 0 fully saturated rings. The Bertz CT molecular complexity index is 1200. The zero-order valence-electron chi connectivity index (χ0n) is 18.4. The summed E-state index contributed by atoms with van der Waals surface area (Å²) in [5, 5.41) is 10.6. The van der Waals surface area contributed by atoms with Gasteiger partial charge in [-0.3, -0.25) is 9.59 Å². The molecule has 0 bridgehead atoms. The number of carbonyl (C=O) groups excluding carboxylic acids is 2. The van der Waals surface area contributed by atoms with E-state index in [1.54, 1.807) is 29.2 Å². The van der Waals surface area contributed by atoms with Crippen molar-refractivity contribution in [2.24, 2.45) is 11.7 Å². The Hall–Kier alpha value is -3.41. The molecule has 33 heavy (non-hydrogen) atoms. The van der Waals surface area contributed by atoms with Crippen LogP contribution in [0.3, 0.4) is 0 Å². The average molecular weight is 468 g/mol. The van der Waals surface area contributed by atoms with Crippen LogP contribution in [-0.2, 0) is 11.3 Å². The van der Waals surface area contributed by atoms with Gasteiger partial charge in [0, 0.05) is 30.4 Å². The fourth-order valence-corrected chi connectivity index (χ4v) is 3.74. The van der Waals surface area contributed by atoms with Crippen molar-refractivity contribution in [3.8, 4) is 11.8 Å². The van der Waals surface area contributed by atoms with Crippen molar-refractivity contribution in [1.29, 1.82) is 0 Å². The Morgan fingerprint density at radius 2 is 2.12 bits per heavy atom. The number of benzene rings is 1. The highest BCUT2D eigenvalue weighted by Gasteiger charge is 2.17. The minimum atomic E-state index is -0.576. The molecule has 0 radical (unpaired) electrons. The highest BCUT2D eigenvalue weighted by atomic mass is 35.5. The summed E-state index contributed by atoms with van der Waals surface area (Å²) in [5.41, 5.74) is 7.09. The van der Waals surface area contributed by atoms with Crippen LogP contribution >= 0.6 is 11.6 Å². The van der Waals surface area contributed by atoms with E-state index >= 15 is 0 Å². The Kier molecular flexibility index (Phi) is 8.41. The SMILES string of the molecule is CCC(CCn1ccc2c(Cl)ncnc21)CN(CC#Cc1cccc(C(N)=O)c1)C(=O)CO. The number of hydrogen-bond donors (Lipinski definition) is 2. The van der Waals surface area contributed by atoms with E-state index in [2.05, 4.69) is 28.7 Å². The Morgan fingerprint density at radius 1 is 1.30 bits per heavy atom. The Balaban J connectivity index is 1.66. The summed E-state index contributed by atoms with van der Waals surface area (Å²) in [5.74, 6) is 5.23. The molecular formula is C24H26ClN5O3. The van der Waals surface area contributed by atoms with Gasteiger partial charge in [-0.15, -0.1) is 0 Å². The number of aliphatic hydroxyl groups excluding tert-OH is 1. The standard InChI is InChI=1S/C24H26ClN5O3/c1-2-17(8-11-29-12-9-20-22(25)27-16-28-24(20)29)14-30(21(32)15-31)10-4-6-18-5-3-7-19(13-18)23(26)33/h3,5,7,9,12-13,16-17,31H,2,8,10-11,14-15H2,1H3,(H2,26,33). The Labute approximate surface area is 197 Å². The smallest absolute Gasteiger partial charge is 0.249 e. The molecule has 1 atom stereocenters. The van der Waals surface area contributed by atoms with Crippen LogP contribution in [0, 0.1) is 17.8 Å². The van der Waals surface area contributed by atoms with Crippen LogP contribution in [0.4, 0.5) is 0 Å². The molecule has 1 unspecified atom stereocenters. The number of primary amides is 1. The first-order valence-corrected chi connectivity index (χ1v) is 11.0. The van der Waals surface area contributed by atoms with E-state index in [9.17, 15) is 14.7 Å². The normalized spacial score (nSPS) is 11.6. The molecule has 0 aliphatic heterocycles. The van der Waals surface area contributed by atoms with Crippen molar-refractivity contribution in [2.75, 3.05) is 19.7 Å². The maximum absolute atomic E-state index is 12.3. The van der Waals surface area contributed by atoms with Crippen molar-refractivity contribution in [2.45, 2.75) is 26.3 Å². The van der Waals surface area contributed by atoms with Crippen LogP contribution in [0.1, 0.15) is 35.7 Å². The molecule has 0 aliphatic rings. The van der Waals surface area contributed by atoms with Gasteiger partial charge in [-0.2, -0.15) is 0 Å². The zero-order valence-corrected chi connectivity index (χ0v) is 19.1. The van der Waals surface area contributed by atoms with Gasteiger partial charge in [0.1, 0.15) is 23.7 Å². The van der Waals surface area contributed by atoms with Gasteiger partial charge in [0.2, 0.25) is 11.8 Å². The number of aryl methyl sites for hydroxylation is 1. The van der Waals surface area contributed by atoms with Crippen molar-refractivity contribution in [3.05, 3.63) is 59.1 Å². The summed E-state index contributed by atoms with van der Waals surface area (Å²) in [7, 11) is 0. The first-order valence-electron chi connectivity index (χ1n) is 10.7. The van der Waals surface area contributed by atoms with Crippen LogP contribution in [0.25, 0.3) is 11.0 Å². The maximum atomic E-state index is 12.3. The minimum absolute atomic E-state index is 0.173. The van der Waals surface area contributed by atoms with Gasteiger partial charge in [0.25, 0.3) is 0 Å². The number of hydrogen-bond acceptors (Lipinski definition) is 5.